The first-order valence-corrected chi connectivity index (χ1v) is 10.3. The molecule has 1 amide bonds. The maximum Gasteiger partial charge on any atom is 0.233 e. The summed E-state index contributed by atoms with van der Waals surface area (Å²) in [6.45, 7) is 5.54. The predicted molar refractivity (Wildman–Crippen MR) is 102 cm³/mol. The van der Waals surface area contributed by atoms with E-state index in [9.17, 15) is 4.79 Å². The third-order valence-corrected chi connectivity index (χ3v) is 5.73. The largest absolute Gasteiger partial charge is 0.486 e. The highest BCUT2D eigenvalue weighted by molar-refractivity contribution is 7.99. The van der Waals surface area contributed by atoms with E-state index in [2.05, 4.69) is 14.8 Å². The Labute approximate surface area is 163 Å². The lowest BCUT2D eigenvalue weighted by atomic mass is 10.2. The smallest absolute Gasteiger partial charge is 0.233 e. The van der Waals surface area contributed by atoms with E-state index in [1.165, 1.54) is 24.6 Å². The lowest BCUT2D eigenvalue weighted by Gasteiger charge is -2.30. The van der Waals surface area contributed by atoms with Crippen LogP contribution in [-0.2, 0) is 4.79 Å². The van der Waals surface area contributed by atoms with Gasteiger partial charge in [0.15, 0.2) is 22.8 Å². The van der Waals surface area contributed by atoms with Crippen molar-refractivity contribution < 1.29 is 14.3 Å². The summed E-state index contributed by atoms with van der Waals surface area (Å²) in [7, 11) is 0. The summed E-state index contributed by atoms with van der Waals surface area (Å²) >= 11 is 1.46. The topological polar surface area (TPSA) is 69.5 Å². The minimum absolute atomic E-state index is 0.0768. The minimum Gasteiger partial charge on any atom is -0.486 e. The molecule has 0 unspecified atom stereocenters. The number of ether oxygens (including phenoxy) is 2. The van der Waals surface area contributed by atoms with Gasteiger partial charge in [0.2, 0.25) is 5.91 Å². The number of aryl methyl sites for hydroxylation is 1. The SMILES string of the molecule is CCN(C[C@H]1COc2ccccc2O1)C(=O)CSc1nnc(C)n1C1CC1. The summed E-state index contributed by atoms with van der Waals surface area (Å²) in [6, 6.07) is 8.13. The molecule has 4 rings (SSSR count). The second kappa shape index (κ2) is 7.80. The van der Waals surface area contributed by atoms with E-state index in [-0.39, 0.29) is 12.0 Å². The van der Waals surface area contributed by atoms with E-state index in [0.717, 1.165) is 22.5 Å². The molecule has 27 heavy (non-hydrogen) atoms. The molecule has 2 aromatic rings. The van der Waals surface area contributed by atoms with Gasteiger partial charge in [-0.3, -0.25) is 4.79 Å². The van der Waals surface area contributed by atoms with Crippen molar-refractivity contribution in [2.75, 3.05) is 25.4 Å². The van der Waals surface area contributed by atoms with Crippen molar-refractivity contribution in [2.45, 2.75) is 44.0 Å². The number of carbonyl (C=O) groups excluding carboxylic acids is 1. The molecule has 0 spiro atoms. The molecule has 7 nitrogen and oxygen atoms in total. The molecule has 1 atom stereocenters. The first-order chi connectivity index (χ1) is 13.2. The van der Waals surface area contributed by atoms with Crippen molar-refractivity contribution in [3.05, 3.63) is 30.1 Å². The maximum atomic E-state index is 12.7. The Kier molecular flexibility index (Phi) is 5.24. The van der Waals surface area contributed by atoms with E-state index in [1.807, 2.05) is 43.0 Å². The number of carbonyl (C=O) groups is 1. The summed E-state index contributed by atoms with van der Waals surface area (Å²) in [5, 5.41) is 9.24. The number of aromatic nitrogens is 3. The van der Waals surface area contributed by atoms with E-state index < -0.39 is 0 Å². The highest BCUT2D eigenvalue weighted by Crippen LogP contribution is 2.38. The quantitative estimate of drug-likeness (QED) is 0.680. The van der Waals surface area contributed by atoms with Crippen molar-refractivity contribution >= 4 is 17.7 Å². The number of fused-ring (bicyclic) bond motifs is 1. The first-order valence-electron chi connectivity index (χ1n) is 9.36. The van der Waals surface area contributed by atoms with Crippen molar-refractivity contribution in [2.24, 2.45) is 0 Å². The van der Waals surface area contributed by atoms with Crippen LogP contribution < -0.4 is 9.47 Å². The normalized spacial score (nSPS) is 18.4. The Balaban J connectivity index is 1.33. The average molecular weight is 388 g/mol. The van der Waals surface area contributed by atoms with Gasteiger partial charge in [-0.1, -0.05) is 23.9 Å². The van der Waals surface area contributed by atoms with Gasteiger partial charge in [0.05, 0.1) is 12.3 Å². The van der Waals surface area contributed by atoms with Crippen LogP contribution in [0, 0.1) is 6.92 Å². The molecule has 0 N–H and O–H groups in total. The number of para-hydroxylation sites is 2. The maximum absolute atomic E-state index is 12.7. The van der Waals surface area contributed by atoms with Crippen molar-refractivity contribution in [3.8, 4) is 11.5 Å². The van der Waals surface area contributed by atoms with Crippen molar-refractivity contribution in [1.29, 1.82) is 0 Å². The number of nitrogens with zero attached hydrogens (tertiary/aromatic N) is 4. The fourth-order valence-electron chi connectivity index (χ4n) is 3.23. The zero-order chi connectivity index (χ0) is 18.8. The third-order valence-electron chi connectivity index (χ3n) is 4.80. The van der Waals surface area contributed by atoms with E-state index in [0.29, 0.717) is 31.5 Å². The van der Waals surface area contributed by atoms with E-state index in [1.54, 1.807) is 0 Å². The van der Waals surface area contributed by atoms with Crippen LogP contribution in [0.5, 0.6) is 11.5 Å². The van der Waals surface area contributed by atoms with Crippen LogP contribution >= 0.6 is 11.8 Å². The fourth-order valence-corrected chi connectivity index (χ4v) is 4.18. The van der Waals surface area contributed by atoms with Gasteiger partial charge in [-0.15, -0.1) is 10.2 Å². The Hall–Kier alpha value is -2.22. The number of likely N-dealkylation sites (N-methyl/N-ethyl adjacent to an activating group) is 1. The highest BCUT2D eigenvalue weighted by atomic mass is 32.2. The molecule has 0 saturated heterocycles. The average Bonchev–Trinajstić information content (AvgIpc) is 3.46. The van der Waals surface area contributed by atoms with Gasteiger partial charge < -0.3 is 18.9 Å². The van der Waals surface area contributed by atoms with Gasteiger partial charge >= 0.3 is 0 Å². The molecule has 1 aromatic carbocycles. The third kappa shape index (κ3) is 4.05. The Morgan fingerprint density at radius 2 is 2.07 bits per heavy atom. The lowest BCUT2D eigenvalue weighted by molar-refractivity contribution is -0.129. The summed E-state index contributed by atoms with van der Waals surface area (Å²) < 4.78 is 13.9. The van der Waals surface area contributed by atoms with E-state index in [4.69, 9.17) is 9.47 Å². The van der Waals surface area contributed by atoms with Gasteiger partial charge in [-0.25, -0.2) is 0 Å². The summed E-state index contributed by atoms with van der Waals surface area (Å²) in [5.41, 5.74) is 0. The molecule has 0 radical (unpaired) electrons. The number of benzene rings is 1. The molecular weight excluding hydrogens is 364 g/mol. The number of amides is 1. The lowest BCUT2D eigenvalue weighted by Crippen LogP contribution is -2.44. The summed E-state index contributed by atoms with van der Waals surface area (Å²) in [4.78, 5) is 14.5. The molecule has 2 heterocycles. The number of thioether (sulfide) groups is 1. The van der Waals surface area contributed by atoms with Crippen LogP contribution in [0.3, 0.4) is 0 Å². The summed E-state index contributed by atoms with van der Waals surface area (Å²) in [5.74, 6) is 2.84. The molecule has 1 aliphatic heterocycles. The van der Waals surface area contributed by atoms with Gasteiger partial charge in [-0.05, 0) is 38.8 Å². The number of rotatable bonds is 7. The number of hydrogen-bond acceptors (Lipinski definition) is 6. The fraction of sp³-hybridized carbons (Fsp3) is 0.526. The Morgan fingerprint density at radius 3 is 2.81 bits per heavy atom. The zero-order valence-electron chi connectivity index (χ0n) is 15.6. The van der Waals surface area contributed by atoms with Crippen LogP contribution in [0.15, 0.2) is 29.4 Å². The Bertz CT molecular complexity index is 821. The molecule has 1 aromatic heterocycles. The second-order valence-electron chi connectivity index (χ2n) is 6.85. The van der Waals surface area contributed by atoms with Gasteiger partial charge in [0, 0.05) is 12.6 Å². The summed E-state index contributed by atoms with van der Waals surface area (Å²) in [6.07, 6.45) is 2.18. The van der Waals surface area contributed by atoms with Crippen LogP contribution in [0.4, 0.5) is 0 Å². The van der Waals surface area contributed by atoms with Gasteiger partial charge in [0.25, 0.3) is 0 Å². The molecule has 2 aliphatic rings. The van der Waals surface area contributed by atoms with Crippen LogP contribution in [0.2, 0.25) is 0 Å². The standard InChI is InChI=1S/C19H24N4O3S/c1-3-22(10-15-11-25-16-6-4-5-7-17(16)26-15)18(24)12-27-19-21-20-13(2)23(19)14-8-9-14/h4-7,14-15H,3,8-12H2,1-2H3/t15-/m0/s1. The minimum atomic E-state index is -0.161. The van der Waals surface area contributed by atoms with E-state index >= 15 is 0 Å². The molecule has 1 aliphatic carbocycles. The monoisotopic (exact) mass is 388 g/mol. The highest BCUT2D eigenvalue weighted by Gasteiger charge is 2.29. The van der Waals surface area contributed by atoms with Gasteiger partial charge in [0.1, 0.15) is 12.4 Å². The van der Waals surface area contributed by atoms with Crippen molar-refractivity contribution in [3.63, 3.8) is 0 Å². The van der Waals surface area contributed by atoms with Crippen LogP contribution in [-0.4, -0.2) is 57.1 Å². The van der Waals surface area contributed by atoms with Crippen molar-refractivity contribution in [1.82, 2.24) is 19.7 Å². The zero-order valence-corrected chi connectivity index (χ0v) is 16.4. The molecule has 1 fully saturated rings. The van der Waals surface area contributed by atoms with Gasteiger partial charge in [-0.2, -0.15) is 0 Å². The predicted octanol–water partition coefficient (Wildman–Crippen LogP) is 2.70. The van der Waals surface area contributed by atoms with Crippen LogP contribution in [0.1, 0.15) is 31.6 Å². The Morgan fingerprint density at radius 1 is 1.30 bits per heavy atom. The van der Waals surface area contributed by atoms with Crippen LogP contribution in [0.25, 0.3) is 0 Å². The molecule has 1 saturated carbocycles. The second-order valence-corrected chi connectivity index (χ2v) is 7.79. The molecular formula is C19H24N4O3S. The number of hydrogen-bond donors (Lipinski definition) is 0. The molecule has 144 valence electrons. The first kappa shape index (κ1) is 18.2. The molecule has 0 bridgehead atoms. The molecule has 8 heteroatoms.